The molecule has 0 spiro atoms. The smallest absolute Gasteiger partial charge is 0.322 e. The molecule has 3 aromatic rings. The Morgan fingerprint density at radius 1 is 1.12 bits per heavy atom. The Kier molecular flexibility index (Phi) is 8.21. The van der Waals surface area contributed by atoms with Crippen molar-refractivity contribution in [1.29, 1.82) is 0 Å². The van der Waals surface area contributed by atoms with Crippen LogP contribution in [-0.2, 0) is 11.3 Å². The lowest BCUT2D eigenvalue weighted by Crippen LogP contribution is -2.29. The van der Waals surface area contributed by atoms with Crippen molar-refractivity contribution in [1.82, 2.24) is 10.3 Å². The van der Waals surface area contributed by atoms with Crippen LogP contribution in [0, 0.1) is 0 Å². The number of thiazole rings is 1. The molecule has 1 heterocycles. The Morgan fingerprint density at radius 2 is 1.84 bits per heavy atom. The third kappa shape index (κ3) is 6.31. The van der Waals surface area contributed by atoms with Gasteiger partial charge in [0.1, 0.15) is 12.3 Å². The van der Waals surface area contributed by atoms with Crippen LogP contribution in [0.1, 0.15) is 35.7 Å². The number of methoxy groups -OCH3 is 1. The van der Waals surface area contributed by atoms with Crippen molar-refractivity contribution in [2.75, 3.05) is 25.1 Å². The van der Waals surface area contributed by atoms with E-state index < -0.39 is 18.4 Å². The molecule has 0 aliphatic carbocycles. The van der Waals surface area contributed by atoms with E-state index in [4.69, 9.17) is 14.8 Å². The lowest BCUT2D eigenvalue weighted by Gasteiger charge is -2.22. The number of hydrogen-bond donors (Lipinski definition) is 2. The van der Waals surface area contributed by atoms with Crippen molar-refractivity contribution < 1.29 is 19.4 Å². The van der Waals surface area contributed by atoms with Crippen LogP contribution in [0.2, 0.25) is 0 Å². The predicted molar refractivity (Wildman–Crippen MR) is 126 cm³/mol. The number of benzene rings is 2. The summed E-state index contributed by atoms with van der Waals surface area (Å²) in [6.45, 7) is 3.32. The summed E-state index contributed by atoms with van der Waals surface area (Å²) in [5.74, 6) is -0.654. The molecular weight excluding hydrogens is 426 g/mol. The molecule has 8 heteroatoms. The number of aliphatic carboxylic acids is 1. The molecule has 32 heavy (non-hydrogen) atoms. The van der Waals surface area contributed by atoms with Gasteiger partial charge < -0.3 is 20.1 Å². The average Bonchev–Trinajstić information content (AvgIpc) is 3.31. The van der Waals surface area contributed by atoms with E-state index in [1.807, 2.05) is 36.4 Å². The summed E-state index contributed by atoms with van der Waals surface area (Å²) in [7, 11) is 1.65. The van der Waals surface area contributed by atoms with Gasteiger partial charge in [-0.2, -0.15) is 0 Å². The van der Waals surface area contributed by atoms with Crippen molar-refractivity contribution in [3.8, 4) is 17.0 Å². The Balaban J connectivity index is 1.72. The van der Waals surface area contributed by atoms with E-state index in [1.165, 1.54) is 0 Å². The number of anilines is 1. The van der Waals surface area contributed by atoms with Gasteiger partial charge in [-0.05, 0) is 48.4 Å². The first kappa shape index (κ1) is 23.3. The SMILES string of the molecule is CCCCN(Cc1ccc(C(=O)NCC(=O)O)cc1)c1nc(-c2ccc(OC)cc2)cs1. The van der Waals surface area contributed by atoms with Crippen molar-refractivity contribution >= 4 is 28.3 Å². The largest absolute Gasteiger partial charge is 0.497 e. The molecule has 2 aromatic carbocycles. The van der Waals surface area contributed by atoms with Crippen molar-refractivity contribution in [2.45, 2.75) is 26.3 Å². The lowest BCUT2D eigenvalue weighted by molar-refractivity contribution is -0.135. The van der Waals surface area contributed by atoms with Crippen LogP contribution in [0.5, 0.6) is 5.75 Å². The van der Waals surface area contributed by atoms with Crippen molar-refractivity contribution in [2.24, 2.45) is 0 Å². The number of nitrogens with one attached hydrogen (secondary N) is 1. The summed E-state index contributed by atoms with van der Waals surface area (Å²) in [6, 6.07) is 15.1. The summed E-state index contributed by atoms with van der Waals surface area (Å²) in [5.41, 5.74) is 3.46. The second-order valence-corrected chi connectivity index (χ2v) is 8.13. The zero-order chi connectivity index (χ0) is 22.9. The maximum Gasteiger partial charge on any atom is 0.322 e. The number of rotatable bonds is 11. The van der Waals surface area contributed by atoms with Gasteiger partial charge in [-0.15, -0.1) is 11.3 Å². The molecule has 3 rings (SSSR count). The van der Waals surface area contributed by atoms with Crippen LogP contribution in [0.4, 0.5) is 5.13 Å². The third-order valence-corrected chi connectivity index (χ3v) is 5.82. The van der Waals surface area contributed by atoms with E-state index in [0.29, 0.717) is 12.1 Å². The molecule has 0 bridgehead atoms. The van der Waals surface area contributed by atoms with Crippen LogP contribution in [0.15, 0.2) is 53.9 Å². The molecule has 2 N–H and O–H groups in total. The van der Waals surface area contributed by atoms with Crippen LogP contribution in [-0.4, -0.2) is 42.2 Å². The zero-order valence-electron chi connectivity index (χ0n) is 18.2. The van der Waals surface area contributed by atoms with Gasteiger partial charge in [0.15, 0.2) is 5.13 Å². The summed E-state index contributed by atoms with van der Waals surface area (Å²) >= 11 is 1.61. The maximum atomic E-state index is 12.0. The molecule has 168 valence electrons. The van der Waals surface area contributed by atoms with Gasteiger partial charge in [0, 0.05) is 29.6 Å². The Hall–Kier alpha value is -3.39. The molecule has 0 atom stereocenters. The molecule has 7 nitrogen and oxygen atoms in total. The minimum absolute atomic E-state index is 0.397. The van der Waals surface area contributed by atoms with Gasteiger partial charge >= 0.3 is 5.97 Å². The van der Waals surface area contributed by atoms with Gasteiger partial charge in [0.2, 0.25) is 0 Å². The minimum atomic E-state index is -1.07. The van der Waals surface area contributed by atoms with Gasteiger partial charge in [-0.3, -0.25) is 9.59 Å². The van der Waals surface area contributed by atoms with Crippen LogP contribution < -0.4 is 15.0 Å². The van der Waals surface area contributed by atoms with Gasteiger partial charge in [0.05, 0.1) is 12.8 Å². The van der Waals surface area contributed by atoms with Crippen molar-refractivity contribution in [3.63, 3.8) is 0 Å². The number of carboxylic acid groups (broad SMARTS) is 1. The molecule has 0 fully saturated rings. The molecule has 1 amide bonds. The van der Waals surface area contributed by atoms with E-state index >= 15 is 0 Å². The summed E-state index contributed by atoms with van der Waals surface area (Å²) < 4.78 is 5.23. The number of hydrogen-bond acceptors (Lipinski definition) is 6. The van der Waals surface area contributed by atoms with Crippen LogP contribution in [0.25, 0.3) is 11.3 Å². The summed E-state index contributed by atoms with van der Waals surface area (Å²) in [6.07, 6.45) is 2.13. The third-order valence-electron chi connectivity index (χ3n) is 4.92. The standard InChI is InChI=1S/C24H27N3O4S/c1-3-4-13-27(15-17-5-7-19(8-6-17)23(30)25-14-22(28)29)24-26-21(16-32-24)18-9-11-20(31-2)12-10-18/h5-12,16H,3-4,13-15H2,1-2H3,(H,25,30)(H,28,29). The molecule has 1 aromatic heterocycles. The van der Waals surface area contributed by atoms with E-state index in [1.54, 1.807) is 30.6 Å². The van der Waals surface area contributed by atoms with Crippen molar-refractivity contribution in [3.05, 3.63) is 65.0 Å². The average molecular weight is 454 g/mol. The number of aromatic nitrogens is 1. The number of carbonyl (C=O) groups excluding carboxylic acids is 1. The second-order valence-electron chi connectivity index (χ2n) is 7.29. The number of nitrogens with zero attached hydrogens (tertiary/aromatic N) is 2. The highest BCUT2D eigenvalue weighted by Crippen LogP contribution is 2.29. The van der Waals surface area contributed by atoms with Crippen LogP contribution in [0.3, 0.4) is 0 Å². The predicted octanol–water partition coefficient (Wildman–Crippen LogP) is 4.44. The molecular formula is C24H27N3O4S. The number of carbonyl (C=O) groups is 2. The number of unbranched alkanes of at least 4 members (excludes halogenated alkanes) is 1. The fourth-order valence-electron chi connectivity index (χ4n) is 3.14. The maximum absolute atomic E-state index is 12.0. The number of carboxylic acids is 1. The van der Waals surface area contributed by atoms with Crippen LogP contribution >= 0.6 is 11.3 Å². The normalized spacial score (nSPS) is 10.6. The van der Waals surface area contributed by atoms with E-state index in [-0.39, 0.29) is 0 Å². The minimum Gasteiger partial charge on any atom is -0.497 e. The van der Waals surface area contributed by atoms with E-state index in [0.717, 1.165) is 47.1 Å². The number of amides is 1. The monoisotopic (exact) mass is 453 g/mol. The van der Waals surface area contributed by atoms with Gasteiger partial charge in [-0.25, -0.2) is 4.98 Å². The van der Waals surface area contributed by atoms with Gasteiger partial charge in [-0.1, -0.05) is 25.5 Å². The highest BCUT2D eigenvalue weighted by Gasteiger charge is 2.14. The first-order chi connectivity index (χ1) is 15.5. The summed E-state index contributed by atoms with van der Waals surface area (Å²) in [5, 5.41) is 14.1. The topological polar surface area (TPSA) is 91.8 Å². The molecule has 0 aliphatic rings. The molecule has 0 saturated heterocycles. The Morgan fingerprint density at radius 3 is 2.47 bits per heavy atom. The van der Waals surface area contributed by atoms with E-state index in [9.17, 15) is 9.59 Å². The highest BCUT2D eigenvalue weighted by atomic mass is 32.1. The Labute approximate surface area is 191 Å². The number of ether oxygens (including phenoxy) is 1. The fourth-order valence-corrected chi connectivity index (χ4v) is 4.00. The second kappa shape index (κ2) is 11.3. The molecule has 0 radical (unpaired) electrons. The first-order valence-electron chi connectivity index (χ1n) is 10.4. The fraction of sp³-hybridized carbons (Fsp3) is 0.292. The molecule has 0 unspecified atom stereocenters. The highest BCUT2D eigenvalue weighted by molar-refractivity contribution is 7.14. The lowest BCUT2D eigenvalue weighted by atomic mass is 10.1. The zero-order valence-corrected chi connectivity index (χ0v) is 19.0. The Bertz CT molecular complexity index is 1030. The quantitative estimate of drug-likeness (QED) is 0.446. The van der Waals surface area contributed by atoms with E-state index in [2.05, 4.69) is 22.5 Å². The van der Waals surface area contributed by atoms with Gasteiger partial charge in [0.25, 0.3) is 5.91 Å². The molecule has 0 saturated carbocycles. The first-order valence-corrected chi connectivity index (χ1v) is 11.3. The summed E-state index contributed by atoms with van der Waals surface area (Å²) in [4.78, 5) is 29.8. The molecule has 0 aliphatic heterocycles.